The number of nitrogens with one attached hydrogen (secondary N) is 5. The number of rotatable bonds is 41. The van der Waals surface area contributed by atoms with Gasteiger partial charge in [-0.2, -0.15) is 0 Å². The number of aliphatic carboxylic acids is 2. The zero-order chi connectivity index (χ0) is 89.9. The quantitative estimate of drug-likeness (QED) is 0.0141. The Hall–Kier alpha value is -12.2. The number of nitrogens with zero attached hydrogens (tertiary/aromatic N) is 8. The average Bonchev–Trinajstić information content (AvgIpc) is 1.59. The Labute approximate surface area is 726 Å². The number of para-hydroxylation sites is 2. The Balaban J connectivity index is 0.776. The first-order valence-corrected chi connectivity index (χ1v) is 41.4. The van der Waals surface area contributed by atoms with Crippen molar-refractivity contribution in [3.05, 3.63) is 173 Å². The predicted molar refractivity (Wildman–Crippen MR) is 452 cm³/mol. The average molecular weight is 1770 g/mol. The van der Waals surface area contributed by atoms with Crippen molar-refractivity contribution in [2.24, 2.45) is 11.7 Å². The first-order valence-electron chi connectivity index (χ1n) is 40.2. The Kier molecular flexibility index (Phi) is 32.1. The van der Waals surface area contributed by atoms with Gasteiger partial charge >= 0.3 is 18.0 Å². The molecule has 2 fully saturated rings. The third kappa shape index (κ3) is 24.2. The molecule has 664 valence electrons. The second-order valence-electron chi connectivity index (χ2n) is 30.8. The van der Waals surface area contributed by atoms with E-state index in [1.54, 1.807) is 93.9 Å². The minimum Gasteiger partial charge on any atom is -0.496 e. The molecule has 13 N–H and O–H groups in total. The number of carboxylic acids is 2. The van der Waals surface area contributed by atoms with Crippen LogP contribution in [0.3, 0.4) is 0 Å². The van der Waals surface area contributed by atoms with Gasteiger partial charge in [0.1, 0.15) is 90.4 Å². The maximum atomic E-state index is 14.6. The summed E-state index contributed by atoms with van der Waals surface area (Å²) in [6.07, 6.45) is -7.84. The molecule has 11 rings (SSSR count). The van der Waals surface area contributed by atoms with Crippen LogP contribution in [0, 0.1) is 18.7 Å². The largest absolute Gasteiger partial charge is 0.496 e. The number of piperazine rings is 1. The van der Waals surface area contributed by atoms with Crippen LogP contribution in [0.4, 0.5) is 14.9 Å². The van der Waals surface area contributed by atoms with Crippen LogP contribution in [-0.2, 0) is 78.7 Å². The van der Waals surface area contributed by atoms with Crippen LogP contribution >= 0.6 is 22.9 Å². The van der Waals surface area contributed by atoms with Gasteiger partial charge in [0.15, 0.2) is 18.2 Å². The van der Waals surface area contributed by atoms with Crippen molar-refractivity contribution < 1.29 is 116 Å². The predicted octanol–water partition coefficient (Wildman–Crippen LogP) is 4.65. The number of fused-ring (bicyclic) bond motifs is 1. The number of hydrogen-bond donors (Lipinski definition) is 12. The summed E-state index contributed by atoms with van der Waals surface area (Å²) in [5, 5.41) is 75.5. The molecular formula is C86H99ClFN14O22S+. The van der Waals surface area contributed by atoms with Crippen LogP contribution < -0.4 is 51.3 Å². The second-order valence-corrected chi connectivity index (χ2v) is 32.2. The lowest BCUT2D eigenvalue weighted by atomic mass is 9.96. The van der Waals surface area contributed by atoms with Crippen LogP contribution in [-0.4, -0.2) is 271 Å². The number of amides is 9. The normalized spacial score (nSPS) is 17.8. The molecule has 9 amide bonds. The maximum Gasteiger partial charge on any atom is 0.345 e. The summed E-state index contributed by atoms with van der Waals surface area (Å²) in [6.45, 7) is 8.09. The number of thiophene rings is 1. The fourth-order valence-corrected chi connectivity index (χ4v) is 15.8. The Bertz CT molecular complexity index is 5280. The lowest BCUT2D eigenvalue weighted by Crippen LogP contribution is -2.62. The summed E-state index contributed by atoms with van der Waals surface area (Å²) in [5.74, 6) is -7.34. The van der Waals surface area contributed by atoms with Crippen molar-refractivity contribution in [2.45, 2.75) is 128 Å². The summed E-state index contributed by atoms with van der Waals surface area (Å²) in [6, 6.07) is 25.3. The molecule has 3 unspecified atom stereocenters. The molecule has 3 aliphatic heterocycles. The van der Waals surface area contributed by atoms with E-state index in [0.717, 1.165) is 17.1 Å². The number of benzene rings is 5. The number of imide groups is 1. The van der Waals surface area contributed by atoms with Gasteiger partial charge in [-0.25, -0.2) is 38.7 Å². The number of carboxylic acid groups (broad SMARTS) is 2. The molecule has 0 saturated carbocycles. The van der Waals surface area contributed by atoms with Crippen molar-refractivity contribution in [3.8, 4) is 56.1 Å². The summed E-state index contributed by atoms with van der Waals surface area (Å²) in [5.41, 5.74) is 10.8. The number of aliphatic hydroxyl groups is 4. The number of carbonyl (C=O) groups excluding carboxylic acids is 8. The highest BCUT2D eigenvalue weighted by Gasteiger charge is 2.47. The van der Waals surface area contributed by atoms with Crippen LogP contribution in [0.15, 0.2) is 134 Å². The van der Waals surface area contributed by atoms with Crippen molar-refractivity contribution in [3.63, 3.8) is 0 Å². The molecule has 36 nitrogen and oxygen atoms in total. The van der Waals surface area contributed by atoms with Crippen LogP contribution in [0.5, 0.6) is 23.1 Å². The third-order valence-corrected chi connectivity index (χ3v) is 23.1. The summed E-state index contributed by atoms with van der Waals surface area (Å²) in [4.78, 5) is 155. The van der Waals surface area contributed by atoms with Crippen molar-refractivity contribution in [1.29, 1.82) is 0 Å². The Morgan fingerprint density at radius 2 is 1.49 bits per heavy atom. The molecule has 5 aromatic carbocycles. The third-order valence-electron chi connectivity index (χ3n) is 21.5. The fraction of sp³-hybridized carbons (Fsp3) is 0.395. The molecule has 0 bridgehead atoms. The lowest BCUT2D eigenvalue weighted by molar-refractivity contribution is -0.926. The van der Waals surface area contributed by atoms with Gasteiger partial charge in [-0.05, 0) is 108 Å². The summed E-state index contributed by atoms with van der Waals surface area (Å²) in [7, 11) is 4.99. The monoisotopic (exact) mass is 1770 g/mol. The zero-order valence-corrected chi connectivity index (χ0v) is 70.8. The first-order chi connectivity index (χ1) is 59.8. The van der Waals surface area contributed by atoms with Crippen molar-refractivity contribution in [2.75, 3.05) is 92.2 Å². The number of halogens is 2. The van der Waals surface area contributed by atoms with E-state index in [2.05, 4.69) is 46.4 Å². The zero-order valence-electron chi connectivity index (χ0n) is 69.2. The highest BCUT2D eigenvalue weighted by Crippen LogP contribution is 2.50. The van der Waals surface area contributed by atoms with Gasteiger partial charge in [0.25, 0.3) is 17.7 Å². The molecule has 2 saturated heterocycles. The van der Waals surface area contributed by atoms with Gasteiger partial charge in [0, 0.05) is 92.7 Å². The van der Waals surface area contributed by atoms with E-state index in [4.69, 9.17) is 50.7 Å². The number of likely N-dealkylation sites (N-methyl/N-ethyl adjacent to an activating group) is 1. The number of urea groups is 1. The number of ether oxygens (including phenoxy) is 6. The lowest BCUT2D eigenvalue weighted by Gasteiger charge is -2.42. The Morgan fingerprint density at radius 1 is 0.768 bits per heavy atom. The van der Waals surface area contributed by atoms with Crippen molar-refractivity contribution in [1.82, 2.24) is 55.9 Å². The molecule has 125 heavy (non-hydrogen) atoms. The van der Waals surface area contributed by atoms with E-state index in [1.165, 1.54) is 41.7 Å². The number of quaternary nitrogens is 1. The number of carbonyl (C=O) groups is 10. The van der Waals surface area contributed by atoms with Gasteiger partial charge in [0.2, 0.25) is 35.6 Å². The summed E-state index contributed by atoms with van der Waals surface area (Å²) >= 11 is 8.58. The molecular weight excluding hydrogens is 1670 g/mol. The van der Waals surface area contributed by atoms with Crippen LogP contribution in [0.1, 0.15) is 67.5 Å². The topological polar surface area (TPSA) is 495 Å². The SMILES string of the molecule is COc1ccccc1-c1nccc(COc2ccccc2C[C@@H](Oc2ncnc3sc(-c4ccc(F)cc4)c(-c4ccc(OCCN5CC[N+](C)(Cc6ccc(NC(=O)C(CCCNC(N)=O)NC(=O)C(NC(=O)CCOCCN7C(=O)C=CC7=O)C(C)C)cc6CN(C)C(=O)CC(NC(=O)[C@@H]6O[C@H](O)[C@@H](O)[C@H](O)[C@H]6O)C(=O)O)CC5)c(Cl)c4C)c23)C(=O)O)n1. The number of aliphatic hydroxyl groups excluding tert-OH is 4. The number of primary amides is 1. The second kappa shape index (κ2) is 42.9. The number of methoxy groups -OCH3 is 1. The standard InChI is InChI=1S/C86H98ClFN14O22S/c1-47(2)71(98-64(103)28-37-120-38-34-101-65(104)25-26-66(101)105)79(111)96-58(14-11-29-91-86(89)118)78(110)95-54-22-19-51(52(40-54)43-99(4)67(106)42-59(83(113)114)97-80(112)75-73(108)72(107)74(109)85(117)124-75)44-102(5)35-31-100(32-36-102)33-39-121-62-24-23-56(48(3)70(62)87)68-69-81(92-46-93-82(69)125-76(68)49-17-20-53(88)21-18-49)123-63(84(115)116)41-50-12-7-9-15-60(50)122-45-55-27-30-90-77(94-55)57-13-8-10-16-61(57)119-6/h7-10,12-13,15-27,30,40,46-47,58-59,63,71-75,85,107-109,117H,11,14,28-29,31-39,41-45H2,1-6H3,(H8-,89,91,95,96,97,98,103,110,111,112,113,114,115,116,118)/p+1/t58?,59?,63-,71?,72-,73-,74+,75-,85+/m1/s1. The number of hydrogen-bond acceptors (Lipinski definition) is 26. The van der Waals surface area contributed by atoms with Gasteiger partial charge in [-0.3, -0.25) is 43.4 Å². The highest BCUT2D eigenvalue weighted by molar-refractivity contribution is 7.22. The minimum absolute atomic E-state index is 0.0109. The van der Waals surface area contributed by atoms with Gasteiger partial charge in [0.05, 0.1) is 75.1 Å². The van der Waals surface area contributed by atoms with Gasteiger partial charge in [-0.15, -0.1) is 11.3 Å². The van der Waals surface area contributed by atoms with Crippen LogP contribution in [0.25, 0.3) is 43.2 Å². The molecule has 3 aliphatic rings. The van der Waals surface area contributed by atoms with E-state index in [9.17, 15) is 83.0 Å². The molecule has 3 aromatic heterocycles. The molecule has 0 spiro atoms. The van der Waals surface area contributed by atoms with Gasteiger partial charge < -0.3 is 101 Å². The summed E-state index contributed by atoms with van der Waals surface area (Å²) < 4.78 is 50.3. The fourth-order valence-electron chi connectivity index (χ4n) is 14.4. The Morgan fingerprint density at radius 3 is 2.19 bits per heavy atom. The molecule has 6 heterocycles. The van der Waals surface area contributed by atoms with E-state index in [1.807, 2.05) is 44.3 Å². The van der Waals surface area contributed by atoms with E-state index >= 15 is 0 Å². The molecule has 8 aromatic rings. The highest BCUT2D eigenvalue weighted by atomic mass is 35.5. The van der Waals surface area contributed by atoms with E-state index in [-0.39, 0.29) is 88.3 Å². The number of aromatic nitrogens is 4. The maximum absolute atomic E-state index is 14.6. The number of anilines is 1. The van der Waals surface area contributed by atoms with Crippen molar-refractivity contribution >= 4 is 98.2 Å². The number of nitrogens with two attached hydrogens (primary N) is 1. The molecule has 39 heteroatoms. The van der Waals surface area contributed by atoms with Crippen LogP contribution in [0.2, 0.25) is 5.02 Å². The molecule has 9 atom stereocenters. The minimum atomic E-state index is -2.14. The smallest absolute Gasteiger partial charge is 0.345 e. The van der Waals surface area contributed by atoms with E-state index < -0.39 is 132 Å². The van der Waals surface area contributed by atoms with Gasteiger partial charge in [-0.1, -0.05) is 80.0 Å². The molecule has 0 aliphatic carbocycles. The first kappa shape index (κ1) is 93.5. The molecule has 0 radical (unpaired) electrons. The van der Waals surface area contributed by atoms with E-state index in [0.29, 0.717) is 132 Å².